The summed E-state index contributed by atoms with van der Waals surface area (Å²) < 4.78 is 59.7. The van der Waals surface area contributed by atoms with E-state index in [9.17, 15) is 28.8 Å². The summed E-state index contributed by atoms with van der Waals surface area (Å²) in [5.41, 5.74) is 2.77. The first kappa shape index (κ1) is 35.6. The van der Waals surface area contributed by atoms with Crippen LogP contribution in [0.2, 0.25) is 0 Å². The molecule has 0 spiro atoms. The number of likely N-dealkylation sites (tertiary alicyclic amines) is 2. The van der Waals surface area contributed by atoms with Crippen molar-refractivity contribution in [3.63, 3.8) is 0 Å². The molecule has 0 aliphatic carbocycles. The van der Waals surface area contributed by atoms with E-state index in [0.717, 1.165) is 20.3 Å². The lowest BCUT2D eigenvalue weighted by atomic mass is 10.0. The summed E-state index contributed by atoms with van der Waals surface area (Å²) >= 11 is 0. The molecule has 0 saturated carbocycles. The Labute approximate surface area is 358 Å². The first-order valence-corrected chi connectivity index (χ1v) is 19.8. The molecule has 6 rings (SSSR count). The number of rotatable bonds is 11. The van der Waals surface area contributed by atoms with E-state index < -0.39 is 73.7 Å². The maximum atomic E-state index is 13.9. The zero-order chi connectivity index (χ0) is 48.4. The third-order valence-corrected chi connectivity index (χ3v) is 11.1. The Bertz CT molecular complexity index is 2290. The first-order chi connectivity index (χ1) is 31.1. The molecule has 16 heteroatoms. The van der Waals surface area contributed by atoms with Crippen molar-refractivity contribution in [2.24, 2.45) is 11.8 Å². The number of hydrogen-bond donors (Lipinski definition) is 2. The predicted octanol–water partition coefficient (Wildman–Crippen LogP) is 6.49. The molecule has 2 N–H and O–H groups in total. The molecule has 2 aliphatic heterocycles. The van der Waals surface area contributed by atoms with Gasteiger partial charge in [0.15, 0.2) is 0 Å². The lowest BCUT2D eigenvalue weighted by Crippen LogP contribution is -2.51. The summed E-state index contributed by atoms with van der Waals surface area (Å²) in [4.78, 5) is 91.3. The van der Waals surface area contributed by atoms with Crippen LogP contribution in [0.1, 0.15) is 109 Å². The highest BCUT2D eigenvalue weighted by atomic mass is 16.5. The Hall–Kier alpha value is -6.32. The van der Waals surface area contributed by atoms with Gasteiger partial charge in [-0.2, -0.15) is 0 Å². The van der Waals surface area contributed by atoms with Crippen molar-refractivity contribution in [1.82, 2.24) is 39.5 Å². The standard InChI is InChI=1S/C44H54N8O8/c1-25(2)37(47-43(57)59-7)41(55)49-21-9-11-33(49)39-45-23-35(51(39)27(5)53)31-17-13-29(14-18-31)30-15-19-32(20-16-30)36-24-46-40(52(36)28(6)54)34-12-10-22-50(34)42(56)38(26(3)4)48-44(58)60-8/h13-20,23-26,33-34,37-38H,9-12,21-22H2,1-8H3,(H,47,57)(H,48,58)/t33-,34-,37?,38?/m0/s1/i5D3,6D3. The van der Waals surface area contributed by atoms with Crippen LogP contribution in [0, 0.1) is 11.8 Å². The van der Waals surface area contributed by atoms with Crippen molar-refractivity contribution >= 4 is 35.8 Å². The van der Waals surface area contributed by atoms with Crippen LogP contribution < -0.4 is 10.6 Å². The number of methoxy groups -OCH3 is 2. The minimum absolute atomic E-state index is 0.0825. The zero-order valence-electron chi connectivity index (χ0n) is 40.4. The summed E-state index contributed by atoms with van der Waals surface area (Å²) in [7, 11) is 2.38. The molecule has 2 aromatic carbocycles. The molecule has 2 fully saturated rings. The van der Waals surface area contributed by atoms with Crippen LogP contribution >= 0.6 is 0 Å². The number of carbonyl (C=O) groups is 6. The molecular weight excluding hydrogens is 769 g/mol. The Balaban J connectivity index is 1.30. The van der Waals surface area contributed by atoms with Gasteiger partial charge in [-0.1, -0.05) is 76.2 Å². The third kappa shape index (κ3) is 8.68. The van der Waals surface area contributed by atoms with E-state index in [4.69, 9.17) is 17.7 Å². The number of amides is 4. The molecule has 2 unspecified atom stereocenters. The van der Waals surface area contributed by atoms with E-state index in [1.807, 2.05) is 0 Å². The van der Waals surface area contributed by atoms with Gasteiger partial charge in [0, 0.05) is 46.1 Å². The van der Waals surface area contributed by atoms with Crippen LogP contribution in [0.15, 0.2) is 60.9 Å². The number of imidazole rings is 2. The van der Waals surface area contributed by atoms with Gasteiger partial charge in [0.1, 0.15) is 23.7 Å². The summed E-state index contributed by atoms with van der Waals surface area (Å²) in [6, 6.07) is 10.5. The van der Waals surface area contributed by atoms with Gasteiger partial charge < -0.3 is 29.9 Å². The normalized spacial score (nSPS) is 19.3. The van der Waals surface area contributed by atoms with Crippen molar-refractivity contribution in [1.29, 1.82) is 0 Å². The van der Waals surface area contributed by atoms with Crippen LogP contribution in [0.25, 0.3) is 33.6 Å². The fraction of sp³-hybridized carbons (Fsp3) is 0.455. The highest BCUT2D eigenvalue weighted by molar-refractivity contribution is 5.89. The smallest absolute Gasteiger partial charge is 0.407 e. The molecule has 2 saturated heterocycles. The summed E-state index contributed by atoms with van der Waals surface area (Å²) in [5, 5.41) is 5.16. The number of aromatic nitrogens is 4. The van der Waals surface area contributed by atoms with E-state index in [1.165, 1.54) is 36.4 Å². The van der Waals surface area contributed by atoms with Gasteiger partial charge in [0.2, 0.25) is 23.6 Å². The average Bonchev–Trinajstić information content (AvgIpc) is 4.11. The molecule has 0 radical (unpaired) electrons. The quantitative estimate of drug-likeness (QED) is 0.169. The summed E-state index contributed by atoms with van der Waals surface area (Å²) in [6.45, 7) is 1.56. The zero-order valence-corrected chi connectivity index (χ0v) is 34.4. The summed E-state index contributed by atoms with van der Waals surface area (Å²) in [5.74, 6) is -3.70. The van der Waals surface area contributed by atoms with Gasteiger partial charge in [-0.05, 0) is 48.6 Å². The maximum absolute atomic E-state index is 13.9. The van der Waals surface area contributed by atoms with E-state index in [2.05, 4.69) is 20.6 Å². The SMILES string of the molecule is [2H]C([2H])([2H])C(=O)n1c(-c2ccc(-c3ccc(-c4cnc([C@@H]5CCCN5C(=O)C(NC(=O)OC)C(C)C)n4C(=O)C([2H])([2H])[2H])cc3)cc2)cnc1[C@@H]1CCCN1C(=O)C(NC(=O)OC)C(C)C. The highest BCUT2D eigenvalue weighted by Crippen LogP contribution is 2.37. The van der Waals surface area contributed by atoms with Crippen molar-refractivity contribution in [2.45, 2.75) is 91.2 Å². The van der Waals surface area contributed by atoms with Gasteiger partial charge >= 0.3 is 12.2 Å². The number of alkyl carbamates (subject to hydrolysis) is 2. The van der Waals surface area contributed by atoms with E-state index in [-0.39, 0.29) is 34.9 Å². The molecule has 4 heterocycles. The highest BCUT2D eigenvalue weighted by Gasteiger charge is 2.40. The summed E-state index contributed by atoms with van der Waals surface area (Å²) in [6.07, 6.45) is 3.13. The van der Waals surface area contributed by atoms with E-state index in [0.29, 0.717) is 49.9 Å². The van der Waals surface area contributed by atoms with Gasteiger partial charge in [-0.3, -0.25) is 28.3 Å². The van der Waals surface area contributed by atoms with Gasteiger partial charge in [0.25, 0.3) is 0 Å². The molecule has 60 heavy (non-hydrogen) atoms. The van der Waals surface area contributed by atoms with Crippen LogP contribution in [-0.2, 0) is 19.1 Å². The Morgan fingerprint density at radius 3 is 1.28 bits per heavy atom. The van der Waals surface area contributed by atoms with Gasteiger partial charge in [-0.25, -0.2) is 19.6 Å². The number of hydrogen-bond acceptors (Lipinski definition) is 10. The molecule has 16 nitrogen and oxygen atoms in total. The van der Waals surface area contributed by atoms with Crippen LogP contribution in [0.5, 0.6) is 0 Å². The molecule has 4 aromatic rings. The van der Waals surface area contributed by atoms with Crippen molar-refractivity contribution in [2.75, 3.05) is 27.3 Å². The molecule has 318 valence electrons. The second kappa shape index (κ2) is 18.3. The third-order valence-electron chi connectivity index (χ3n) is 11.1. The van der Waals surface area contributed by atoms with E-state index >= 15 is 0 Å². The number of carbonyl (C=O) groups excluding carboxylic acids is 6. The molecule has 4 atom stereocenters. The Kier molecular flexibility index (Phi) is 10.9. The second-order valence-electron chi connectivity index (χ2n) is 15.5. The minimum Gasteiger partial charge on any atom is -0.453 e. The topological polar surface area (TPSA) is 187 Å². The predicted molar refractivity (Wildman–Crippen MR) is 223 cm³/mol. The Morgan fingerprint density at radius 2 is 0.967 bits per heavy atom. The lowest BCUT2D eigenvalue weighted by Gasteiger charge is -2.30. The number of nitrogens with one attached hydrogen (secondary N) is 2. The monoisotopic (exact) mass is 828 g/mol. The molecule has 2 aliphatic rings. The van der Waals surface area contributed by atoms with Crippen LogP contribution in [0.4, 0.5) is 9.59 Å². The number of nitrogens with zero attached hydrogens (tertiary/aromatic N) is 6. The maximum Gasteiger partial charge on any atom is 0.407 e. The average molecular weight is 829 g/mol. The van der Waals surface area contributed by atoms with Crippen LogP contribution in [-0.4, -0.2) is 104 Å². The molecule has 2 aromatic heterocycles. The van der Waals surface area contributed by atoms with Crippen molar-refractivity contribution in [3.05, 3.63) is 72.6 Å². The Morgan fingerprint density at radius 1 is 0.617 bits per heavy atom. The second-order valence-corrected chi connectivity index (χ2v) is 15.5. The van der Waals surface area contributed by atoms with Crippen molar-refractivity contribution < 1.29 is 46.5 Å². The fourth-order valence-electron chi connectivity index (χ4n) is 8.06. The minimum atomic E-state index is -3.05. The number of ether oxygens (including phenoxy) is 2. The molecular formula is C44H54N8O8. The molecule has 0 bridgehead atoms. The van der Waals surface area contributed by atoms with Gasteiger partial charge in [0.05, 0.1) is 50.1 Å². The number of benzene rings is 2. The largest absolute Gasteiger partial charge is 0.453 e. The van der Waals surface area contributed by atoms with E-state index in [1.54, 1.807) is 76.2 Å². The van der Waals surface area contributed by atoms with Crippen molar-refractivity contribution in [3.8, 4) is 33.6 Å². The molecule has 4 amide bonds. The van der Waals surface area contributed by atoms with Crippen LogP contribution in [0.3, 0.4) is 0 Å². The lowest BCUT2D eigenvalue weighted by molar-refractivity contribution is -0.136. The fourth-order valence-corrected chi connectivity index (χ4v) is 8.06. The first-order valence-electron chi connectivity index (χ1n) is 22.8. The van der Waals surface area contributed by atoms with Gasteiger partial charge in [-0.15, -0.1) is 0 Å².